The highest BCUT2D eigenvalue weighted by atomic mass is 19.1. The Morgan fingerprint density at radius 2 is 1.68 bits per heavy atom. The van der Waals surface area contributed by atoms with E-state index >= 15 is 0 Å². The minimum absolute atomic E-state index is 0.00193. The lowest BCUT2D eigenvalue weighted by atomic mass is 10.00. The largest absolute Gasteiger partial charge is 0.478 e. The number of aromatic nitrogens is 1. The van der Waals surface area contributed by atoms with Crippen LogP contribution in [0.15, 0.2) is 65.8 Å². The molecule has 0 aliphatic carbocycles. The molecule has 0 spiro atoms. The van der Waals surface area contributed by atoms with E-state index in [0.717, 1.165) is 23.1 Å². The van der Waals surface area contributed by atoms with Crippen molar-refractivity contribution >= 4 is 5.71 Å². The van der Waals surface area contributed by atoms with Crippen LogP contribution in [0.1, 0.15) is 36.9 Å². The Morgan fingerprint density at radius 1 is 0.964 bits per heavy atom. The smallest absolute Gasteiger partial charge is 0.213 e. The summed E-state index contributed by atoms with van der Waals surface area (Å²) in [5.41, 5.74) is 3.58. The summed E-state index contributed by atoms with van der Waals surface area (Å²) >= 11 is 0. The van der Waals surface area contributed by atoms with Gasteiger partial charge in [0.25, 0.3) is 0 Å². The Morgan fingerprint density at radius 3 is 2.32 bits per heavy atom. The Hall–Kier alpha value is -3.08. The van der Waals surface area contributed by atoms with Gasteiger partial charge in [-0.15, -0.1) is 0 Å². The SMILES string of the molecule is CCOc1ccc(-c2ccc(C3CCC(c4c(F)cccc4F)=N3)cc2)cn1. The van der Waals surface area contributed by atoms with Gasteiger partial charge in [-0.2, -0.15) is 0 Å². The number of rotatable bonds is 5. The van der Waals surface area contributed by atoms with Crippen molar-refractivity contribution < 1.29 is 13.5 Å². The maximum atomic E-state index is 14.0. The molecular formula is C23H20F2N2O. The number of pyridine rings is 1. The first-order valence-corrected chi connectivity index (χ1v) is 9.36. The van der Waals surface area contributed by atoms with E-state index < -0.39 is 11.6 Å². The quantitative estimate of drug-likeness (QED) is 0.567. The minimum Gasteiger partial charge on any atom is -0.478 e. The molecule has 0 fully saturated rings. The van der Waals surface area contributed by atoms with Crippen molar-refractivity contribution in [3.05, 3.63) is 83.6 Å². The molecule has 1 aromatic heterocycles. The van der Waals surface area contributed by atoms with Crippen molar-refractivity contribution in [1.29, 1.82) is 0 Å². The zero-order valence-electron chi connectivity index (χ0n) is 15.5. The molecule has 0 radical (unpaired) electrons. The second-order valence-electron chi connectivity index (χ2n) is 6.67. The molecule has 142 valence electrons. The number of nitrogens with zero attached hydrogens (tertiary/aromatic N) is 2. The van der Waals surface area contributed by atoms with Gasteiger partial charge in [-0.25, -0.2) is 13.8 Å². The molecule has 1 aliphatic heterocycles. The summed E-state index contributed by atoms with van der Waals surface area (Å²) in [6.45, 7) is 2.51. The Balaban J connectivity index is 1.54. The second kappa shape index (κ2) is 7.89. The van der Waals surface area contributed by atoms with Crippen LogP contribution in [0.25, 0.3) is 11.1 Å². The molecule has 0 saturated heterocycles. The number of hydrogen-bond donors (Lipinski definition) is 0. The van der Waals surface area contributed by atoms with E-state index in [1.165, 1.54) is 18.2 Å². The maximum absolute atomic E-state index is 14.0. The van der Waals surface area contributed by atoms with Crippen molar-refractivity contribution in [2.24, 2.45) is 4.99 Å². The molecule has 3 aromatic rings. The van der Waals surface area contributed by atoms with Crippen molar-refractivity contribution in [3.63, 3.8) is 0 Å². The molecule has 0 amide bonds. The van der Waals surface area contributed by atoms with E-state index in [4.69, 9.17) is 4.74 Å². The molecule has 1 atom stereocenters. The predicted octanol–water partition coefficient (Wildman–Crippen LogP) is 5.75. The fourth-order valence-corrected chi connectivity index (χ4v) is 3.48. The van der Waals surface area contributed by atoms with Gasteiger partial charge in [0.05, 0.1) is 18.2 Å². The fraction of sp³-hybridized carbons (Fsp3) is 0.217. The molecular weight excluding hydrogens is 358 g/mol. The van der Waals surface area contributed by atoms with Gasteiger partial charge < -0.3 is 4.74 Å². The average Bonchev–Trinajstić information content (AvgIpc) is 3.19. The lowest BCUT2D eigenvalue weighted by Crippen LogP contribution is -2.03. The van der Waals surface area contributed by atoms with Crippen LogP contribution in [0.4, 0.5) is 8.78 Å². The predicted molar refractivity (Wildman–Crippen MR) is 106 cm³/mol. The Labute approximate surface area is 162 Å². The summed E-state index contributed by atoms with van der Waals surface area (Å²) < 4.78 is 33.4. The molecule has 0 bridgehead atoms. The lowest BCUT2D eigenvalue weighted by molar-refractivity contribution is 0.327. The summed E-state index contributed by atoms with van der Waals surface area (Å²) in [5.74, 6) is -0.508. The van der Waals surface area contributed by atoms with Crippen LogP contribution in [0.2, 0.25) is 0 Å². The van der Waals surface area contributed by atoms with Crippen molar-refractivity contribution in [2.45, 2.75) is 25.8 Å². The molecule has 1 aliphatic rings. The lowest BCUT2D eigenvalue weighted by Gasteiger charge is -2.09. The fourth-order valence-electron chi connectivity index (χ4n) is 3.48. The van der Waals surface area contributed by atoms with Gasteiger partial charge >= 0.3 is 0 Å². The molecule has 2 heterocycles. The zero-order chi connectivity index (χ0) is 19.5. The van der Waals surface area contributed by atoms with Gasteiger partial charge in [0.2, 0.25) is 5.88 Å². The minimum atomic E-state index is -0.558. The molecule has 28 heavy (non-hydrogen) atoms. The molecule has 0 saturated carbocycles. The van der Waals surface area contributed by atoms with Gasteiger partial charge in [0, 0.05) is 23.5 Å². The summed E-state index contributed by atoms with van der Waals surface area (Å²) in [4.78, 5) is 8.88. The highest BCUT2D eigenvalue weighted by molar-refractivity contribution is 6.02. The topological polar surface area (TPSA) is 34.5 Å². The number of benzene rings is 2. The van der Waals surface area contributed by atoms with Crippen LogP contribution in [0.3, 0.4) is 0 Å². The molecule has 5 heteroatoms. The van der Waals surface area contributed by atoms with Gasteiger partial charge in [-0.05, 0) is 49.1 Å². The van der Waals surface area contributed by atoms with E-state index in [-0.39, 0.29) is 11.6 Å². The van der Waals surface area contributed by atoms with E-state index in [1.807, 2.05) is 43.3 Å². The number of hydrogen-bond acceptors (Lipinski definition) is 3. The van der Waals surface area contributed by atoms with Crippen molar-refractivity contribution in [1.82, 2.24) is 4.98 Å². The van der Waals surface area contributed by atoms with Crippen molar-refractivity contribution in [2.75, 3.05) is 6.61 Å². The normalized spacial score (nSPS) is 16.1. The summed E-state index contributed by atoms with van der Waals surface area (Å²) in [6.07, 6.45) is 3.09. The zero-order valence-corrected chi connectivity index (χ0v) is 15.5. The molecule has 4 rings (SSSR count). The number of aliphatic imine (C=N–C) groups is 1. The van der Waals surface area contributed by atoms with Crippen LogP contribution in [-0.4, -0.2) is 17.3 Å². The highest BCUT2D eigenvalue weighted by Crippen LogP contribution is 2.33. The van der Waals surface area contributed by atoms with E-state index in [9.17, 15) is 8.78 Å². The summed E-state index contributed by atoms with van der Waals surface area (Å²) in [5, 5.41) is 0. The molecule has 1 unspecified atom stereocenters. The average molecular weight is 378 g/mol. The van der Waals surface area contributed by atoms with E-state index in [0.29, 0.717) is 24.6 Å². The summed E-state index contributed by atoms with van der Waals surface area (Å²) in [6, 6.07) is 15.7. The van der Waals surface area contributed by atoms with Gasteiger partial charge in [0.1, 0.15) is 11.6 Å². The monoisotopic (exact) mass is 378 g/mol. The molecule has 2 aromatic carbocycles. The van der Waals surface area contributed by atoms with E-state index in [1.54, 1.807) is 6.20 Å². The van der Waals surface area contributed by atoms with Crippen molar-refractivity contribution in [3.8, 4) is 17.0 Å². The van der Waals surface area contributed by atoms with Crippen LogP contribution in [0.5, 0.6) is 5.88 Å². The highest BCUT2D eigenvalue weighted by Gasteiger charge is 2.24. The van der Waals surface area contributed by atoms with Crippen LogP contribution >= 0.6 is 0 Å². The summed E-state index contributed by atoms with van der Waals surface area (Å²) in [7, 11) is 0. The standard InChI is InChI=1S/C23H20F2N2O/c1-2-28-22-13-10-17(14-26-22)15-6-8-16(9-7-15)20-11-12-21(27-20)23-18(24)4-3-5-19(23)25/h3-10,13-14,20H,2,11-12H2,1H3. The van der Waals surface area contributed by atoms with E-state index in [2.05, 4.69) is 9.98 Å². The third kappa shape index (κ3) is 3.65. The number of halogens is 2. The first-order valence-electron chi connectivity index (χ1n) is 9.36. The first kappa shape index (κ1) is 18.3. The number of ether oxygens (including phenoxy) is 1. The maximum Gasteiger partial charge on any atom is 0.213 e. The van der Waals surface area contributed by atoms with Crippen LogP contribution in [0, 0.1) is 11.6 Å². The van der Waals surface area contributed by atoms with Gasteiger partial charge in [-0.3, -0.25) is 4.99 Å². The van der Waals surface area contributed by atoms with Gasteiger partial charge in [-0.1, -0.05) is 30.3 Å². The molecule has 3 nitrogen and oxygen atoms in total. The van der Waals surface area contributed by atoms with Crippen LogP contribution in [-0.2, 0) is 0 Å². The molecule has 0 N–H and O–H groups in total. The third-order valence-electron chi connectivity index (χ3n) is 4.87. The van der Waals surface area contributed by atoms with Gasteiger partial charge in [0.15, 0.2) is 0 Å². The Kier molecular flexibility index (Phi) is 5.15. The van der Waals surface area contributed by atoms with Crippen LogP contribution < -0.4 is 4.74 Å². The second-order valence-corrected chi connectivity index (χ2v) is 6.67. The third-order valence-corrected chi connectivity index (χ3v) is 4.87. The Bertz CT molecular complexity index is 978. The first-order chi connectivity index (χ1) is 13.7.